The molecule has 1 saturated heterocycles. The molecule has 1 aromatic carbocycles. The summed E-state index contributed by atoms with van der Waals surface area (Å²) in [6.07, 6.45) is 3.93. The number of sulfonamides is 1. The Morgan fingerprint density at radius 2 is 1.83 bits per heavy atom. The van der Waals surface area contributed by atoms with E-state index in [2.05, 4.69) is 11.9 Å². The molecule has 0 aliphatic carbocycles. The molecular formula is C22H26N2O5S. The molecule has 2 heterocycles. The molecule has 1 amide bonds. The average molecular weight is 431 g/mol. The lowest BCUT2D eigenvalue weighted by Gasteiger charge is -2.30. The number of Topliss-reactive ketones (excluding diaryl/α,β-unsaturated/α-hetero) is 1. The lowest BCUT2D eigenvalue weighted by molar-refractivity contribution is -0.117. The lowest BCUT2D eigenvalue weighted by atomic mass is 10.1. The van der Waals surface area contributed by atoms with Crippen LogP contribution in [0, 0.1) is 0 Å². The Hall–Kier alpha value is -2.71. The maximum absolute atomic E-state index is 12.8. The molecule has 0 atom stereocenters. The van der Waals surface area contributed by atoms with Crippen molar-refractivity contribution in [3.63, 3.8) is 0 Å². The molecule has 0 radical (unpaired) electrons. The molecule has 0 bridgehead atoms. The maximum Gasteiger partial charge on any atom is 0.276 e. The molecule has 1 aliphatic rings. The summed E-state index contributed by atoms with van der Waals surface area (Å²) in [7, 11) is -3.81. The summed E-state index contributed by atoms with van der Waals surface area (Å²) in [5.74, 6) is -0.411. The highest BCUT2D eigenvalue weighted by Crippen LogP contribution is 2.23. The van der Waals surface area contributed by atoms with E-state index in [9.17, 15) is 18.0 Å². The number of benzene rings is 1. The number of hydrogen-bond acceptors (Lipinski definition) is 5. The van der Waals surface area contributed by atoms with Gasteiger partial charge in [0.05, 0.1) is 0 Å². The number of ketones is 1. The summed E-state index contributed by atoms with van der Waals surface area (Å²) in [6, 6.07) is 12.6. The molecule has 1 fully saturated rings. The van der Waals surface area contributed by atoms with Crippen molar-refractivity contribution in [1.29, 1.82) is 0 Å². The second-order valence-corrected chi connectivity index (χ2v) is 9.14. The first-order chi connectivity index (χ1) is 14.4. The molecule has 0 spiro atoms. The van der Waals surface area contributed by atoms with Gasteiger partial charge in [-0.3, -0.25) is 9.59 Å². The predicted molar refractivity (Wildman–Crippen MR) is 113 cm³/mol. The molecular weight excluding hydrogens is 404 g/mol. The molecule has 3 rings (SSSR count). The number of hydrogen-bond donors (Lipinski definition) is 1. The number of carbonyl (C=O) groups is 2. The van der Waals surface area contributed by atoms with E-state index in [-0.39, 0.29) is 48.1 Å². The topological polar surface area (TPSA) is 96.7 Å². The Kier molecular flexibility index (Phi) is 7.23. The predicted octanol–water partition coefficient (Wildman–Crippen LogP) is 2.94. The van der Waals surface area contributed by atoms with Crippen LogP contribution in [0.25, 0.3) is 0 Å². The summed E-state index contributed by atoms with van der Waals surface area (Å²) in [5, 5.41) is 2.56. The number of furan rings is 1. The van der Waals surface area contributed by atoms with Crippen molar-refractivity contribution in [2.75, 3.05) is 13.1 Å². The van der Waals surface area contributed by atoms with Gasteiger partial charge in [0.2, 0.25) is 11.0 Å². The SMILES string of the molecule is C=CC(=O)NC1CCN(S(=O)(=O)c2ccc(C(=O)CCCc3ccccc3)o2)CC1. The van der Waals surface area contributed by atoms with Gasteiger partial charge in [0.15, 0.2) is 11.5 Å². The fourth-order valence-corrected chi connectivity index (χ4v) is 4.84. The van der Waals surface area contributed by atoms with Crippen LogP contribution >= 0.6 is 0 Å². The molecule has 1 N–H and O–H groups in total. The van der Waals surface area contributed by atoms with Crippen molar-refractivity contribution in [1.82, 2.24) is 9.62 Å². The molecule has 7 nitrogen and oxygen atoms in total. The van der Waals surface area contributed by atoms with Gasteiger partial charge in [-0.2, -0.15) is 4.31 Å². The third kappa shape index (κ3) is 5.46. The fraction of sp³-hybridized carbons (Fsp3) is 0.364. The highest BCUT2D eigenvalue weighted by molar-refractivity contribution is 7.89. The summed E-state index contributed by atoms with van der Waals surface area (Å²) in [5.41, 5.74) is 1.15. The van der Waals surface area contributed by atoms with Gasteiger partial charge in [-0.15, -0.1) is 0 Å². The summed E-state index contributed by atoms with van der Waals surface area (Å²) < 4.78 is 32.4. The molecule has 30 heavy (non-hydrogen) atoms. The number of amides is 1. The zero-order valence-electron chi connectivity index (χ0n) is 16.7. The third-order valence-corrected chi connectivity index (χ3v) is 6.92. The van der Waals surface area contributed by atoms with Gasteiger partial charge >= 0.3 is 0 Å². The van der Waals surface area contributed by atoms with Gasteiger partial charge in [0.1, 0.15) is 0 Å². The standard InChI is InChI=1S/C22H26N2O5S/c1-2-21(26)23-18-13-15-24(16-14-18)30(27,28)22-12-11-20(29-22)19(25)10-6-9-17-7-4-3-5-8-17/h2-5,7-8,11-12,18H,1,6,9-10,13-16H2,(H,23,26). The fourth-order valence-electron chi connectivity index (χ4n) is 3.46. The minimum atomic E-state index is -3.81. The van der Waals surface area contributed by atoms with E-state index in [1.165, 1.54) is 22.5 Å². The van der Waals surface area contributed by atoms with Crippen LogP contribution in [0.5, 0.6) is 0 Å². The number of piperidine rings is 1. The number of carbonyl (C=O) groups excluding carboxylic acids is 2. The first-order valence-corrected chi connectivity index (χ1v) is 11.4. The summed E-state index contributed by atoms with van der Waals surface area (Å²) in [4.78, 5) is 23.8. The van der Waals surface area contributed by atoms with Crippen molar-refractivity contribution in [3.8, 4) is 0 Å². The third-order valence-electron chi connectivity index (χ3n) is 5.15. The van der Waals surface area contributed by atoms with Crippen molar-refractivity contribution in [2.45, 2.75) is 43.2 Å². The van der Waals surface area contributed by atoms with Crippen LogP contribution in [0.15, 0.2) is 64.6 Å². The molecule has 1 aromatic heterocycles. The van der Waals surface area contributed by atoms with Crippen molar-refractivity contribution in [2.24, 2.45) is 0 Å². The number of nitrogens with zero attached hydrogens (tertiary/aromatic N) is 1. The Balaban J connectivity index is 1.54. The largest absolute Gasteiger partial charge is 0.440 e. The van der Waals surface area contributed by atoms with Gasteiger partial charge in [-0.05, 0) is 49.5 Å². The van der Waals surface area contributed by atoms with Crippen LogP contribution in [0.2, 0.25) is 0 Å². The zero-order valence-corrected chi connectivity index (χ0v) is 17.6. The Morgan fingerprint density at radius 3 is 2.50 bits per heavy atom. The van der Waals surface area contributed by atoms with Gasteiger partial charge in [0, 0.05) is 25.6 Å². The molecule has 160 valence electrons. The summed E-state index contributed by atoms with van der Waals surface area (Å²) in [6.45, 7) is 3.95. The highest BCUT2D eigenvalue weighted by Gasteiger charge is 2.32. The Labute approximate surface area is 176 Å². The van der Waals surface area contributed by atoms with Crippen LogP contribution < -0.4 is 5.32 Å². The van der Waals surface area contributed by atoms with Gasteiger partial charge in [-0.1, -0.05) is 36.9 Å². The van der Waals surface area contributed by atoms with E-state index < -0.39 is 10.0 Å². The molecule has 8 heteroatoms. The van der Waals surface area contributed by atoms with E-state index in [0.29, 0.717) is 19.3 Å². The van der Waals surface area contributed by atoms with Crippen LogP contribution in [0.3, 0.4) is 0 Å². The first kappa shape index (κ1) is 22.0. The second kappa shape index (κ2) is 9.86. The Morgan fingerprint density at radius 1 is 1.13 bits per heavy atom. The first-order valence-electron chi connectivity index (χ1n) is 10.00. The molecule has 2 aromatic rings. The van der Waals surface area contributed by atoms with Crippen molar-refractivity contribution < 1.29 is 22.4 Å². The second-order valence-electron chi connectivity index (χ2n) is 7.27. The zero-order chi connectivity index (χ0) is 21.6. The normalized spacial score (nSPS) is 15.6. The number of rotatable bonds is 9. The van der Waals surface area contributed by atoms with E-state index in [1.54, 1.807) is 0 Å². The molecule has 0 saturated carbocycles. The van der Waals surface area contributed by atoms with Crippen LogP contribution in [0.1, 0.15) is 41.8 Å². The van der Waals surface area contributed by atoms with Crippen molar-refractivity contribution >= 4 is 21.7 Å². The van der Waals surface area contributed by atoms with Crippen molar-refractivity contribution in [3.05, 3.63) is 66.4 Å². The molecule has 0 unspecified atom stereocenters. The number of nitrogens with one attached hydrogen (secondary N) is 1. The number of aryl methyl sites for hydroxylation is 1. The Bertz CT molecular complexity index is 990. The minimum absolute atomic E-state index is 0.0646. The monoisotopic (exact) mass is 430 g/mol. The average Bonchev–Trinajstić information content (AvgIpc) is 3.26. The van der Waals surface area contributed by atoms with Crippen LogP contribution in [-0.4, -0.2) is 43.5 Å². The quantitative estimate of drug-likeness (QED) is 0.487. The van der Waals surface area contributed by atoms with Gasteiger partial charge in [0.25, 0.3) is 10.0 Å². The van der Waals surface area contributed by atoms with Gasteiger partial charge < -0.3 is 9.73 Å². The van der Waals surface area contributed by atoms with Gasteiger partial charge in [-0.25, -0.2) is 8.42 Å². The minimum Gasteiger partial charge on any atom is -0.440 e. The lowest BCUT2D eigenvalue weighted by Crippen LogP contribution is -2.46. The maximum atomic E-state index is 12.8. The summed E-state index contributed by atoms with van der Waals surface area (Å²) >= 11 is 0. The van der Waals surface area contributed by atoms with Crippen LogP contribution in [0.4, 0.5) is 0 Å². The molecule has 1 aliphatic heterocycles. The highest BCUT2D eigenvalue weighted by atomic mass is 32.2. The smallest absolute Gasteiger partial charge is 0.276 e. The van der Waals surface area contributed by atoms with E-state index >= 15 is 0 Å². The van der Waals surface area contributed by atoms with Crippen LogP contribution in [-0.2, 0) is 21.2 Å². The van der Waals surface area contributed by atoms with E-state index in [0.717, 1.165) is 12.0 Å². The van der Waals surface area contributed by atoms with E-state index in [1.807, 2.05) is 30.3 Å². The van der Waals surface area contributed by atoms with E-state index in [4.69, 9.17) is 4.42 Å².